The van der Waals surface area contributed by atoms with Crippen molar-refractivity contribution in [2.45, 2.75) is 0 Å². The summed E-state index contributed by atoms with van der Waals surface area (Å²) in [5.41, 5.74) is -0.456. The molecule has 0 fully saturated rings. The lowest BCUT2D eigenvalue weighted by Crippen LogP contribution is -2.14. The van der Waals surface area contributed by atoms with Gasteiger partial charge in [0.1, 0.15) is 11.8 Å². The van der Waals surface area contributed by atoms with Crippen LogP contribution in [0.5, 0.6) is 17.2 Å². The van der Waals surface area contributed by atoms with Crippen molar-refractivity contribution in [1.82, 2.24) is 0 Å². The molecule has 0 saturated carbocycles. The number of benzene rings is 3. The number of ether oxygens (including phenoxy) is 1. The second-order valence-electron chi connectivity index (χ2n) is 6.14. The Hall–Kier alpha value is -4.36. The number of nitrogens with zero attached hydrogens (tertiary/aromatic N) is 2. The quantitative estimate of drug-likeness (QED) is 0.317. The van der Waals surface area contributed by atoms with E-state index in [4.69, 9.17) is 4.74 Å². The van der Waals surface area contributed by atoms with Gasteiger partial charge in [0, 0.05) is 6.07 Å². The van der Waals surface area contributed by atoms with Gasteiger partial charge in [0.15, 0.2) is 16.4 Å². The first kappa shape index (κ1) is 21.4. The van der Waals surface area contributed by atoms with E-state index in [1.54, 1.807) is 54.6 Å². The Morgan fingerprint density at radius 3 is 2.45 bits per heavy atom. The Morgan fingerprint density at radius 2 is 1.77 bits per heavy atom. The Morgan fingerprint density at radius 1 is 1.10 bits per heavy atom. The molecule has 2 N–H and O–H groups in total. The average Bonchev–Trinajstić information content (AvgIpc) is 2.74. The van der Waals surface area contributed by atoms with E-state index >= 15 is 0 Å². The summed E-state index contributed by atoms with van der Waals surface area (Å²) in [6, 6.07) is 19.8. The molecular formula is C21H15N3O6S. The highest BCUT2D eigenvalue weighted by Gasteiger charge is 2.21. The Bertz CT molecular complexity index is 1300. The van der Waals surface area contributed by atoms with Crippen molar-refractivity contribution in [3.05, 3.63) is 93.4 Å². The first-order valence-corrected chi connectivity index (χ1v) is 10.2. The van der Waals surface area contributed by atoms with Crippen molar-refractivity contribution in [2.75, 3.05) is 4.72 Å². The van der Waals surface area contributed by atoms with Crippen LogP contribution in [0.25, 0.3) is 6.08 Å². The highest BCUT2D eigenvalue weighted by molar-refractivity contribution is 7.97. The molecule has 0 amide bonds. The number of nitro groups is 1. The predicted molar refractivity (Wildman–Crippen MR) is 114 cm³/mol. The Kier molecular flexibility index (Phi) is 6.18. The van der Waals surface area contributed by atoms with E-state index in [0.717, 1.165) is 18.2 Å². The van der Waals surface area contributed by atoms with Crippen molar-refractivity contribution in [3.8, 4) is 23.3 Å². The van der Waals surface area contributed by atoms with Crippen LogP contribution in [0, 0.1) is 21.4 Å². The summed E-state index contributed by atoms with van der Waals surface area (Å²) in [5.74, 6) is 0.130. The molecule has 0 aromatic heterocycles. The minimum atomic E-state index is -4.34. The third-order valence-corrected chi connectivity index (χ3v) is 5.27. The number of aromatic hydroxyl groups is 1. The van der Waals surface area contributed by atoms with Crippen LogP contribution in [-0.2, 0) is 10.0 Å². The molecule has 10 heteroatoms. The van der Waals surface area contributed by atoms with Crippen molar-refractivity contribution >= 4 is 27.5 Å². The first-order valence-electron chi connectivity index (χ1n) is 8.74. The number of sulfonamides is 1. The Balaban J connectivity index is 1.93. The number of hydrogen-bond acceptors (Lipinski definition) is 7. The van der Waals surface area contributed by atoms with Crippen molar-refractivity contribution < 1.29 is 23.2 Å². The summed E-state index contributed by atoms with van der Waals surface area (Å²) in [4.78, 5) is 9.47. The molecule has 0 radical (unpaired) electrons. The largest absolute Gasteiger partial charge is 0.502 e. The van der Waals surface area contributed by atoms with Crippen molar-refractivity contribution in [3.63, 3.8) is 0 Å². The number of allylic oxidation sites excluding steroid dienone is 1. The van der Waals surface area contributed by atoms with Crippen LogP contribution in [0.4, 0.5) is 11.4 Å². The van der Waals surface area contributed by atoms with Crippen LogP contribution in [0.1, 0.15) is 5.56 Å². The molecule has 0 saturated heterocycles. The summed E-state index contributed by atoms with van der Waals surface area (Å²) >= 11 is 0. The minimum Gasteiger partial charge on any atom is -0.502 e. The minimum absolute atomic E-state index is 0.0558. The highest BCUT2D eigenvalue weighted by atomic mass is 32.2. The van der Waals surface area contributed by atoms with Gasteiger partial charge in [-0.25, -0.2) is 8.42 Å². The second kappa shape index (κ2) is 8.98. The fourth-order valence-corrected chi connectivity index (χ4v) is 3.53. The van der Waals surface area contributed by atoms with Gasteiger partial charge < -0.3 is 9.84 Å². The maximum Gasteiger partial charge on any atom is 0.311 e. The molecule has 3 aromatic rings. The number of nitro benzene ring substituents is 1. The van der Waals surface area contributed by atoms with Gasteiger partial charge in [0.05, 0.1) is 10.6 Å². The zero-order chi connectivity index (χ0) is 22.4. The summed E-state index contributed by atoms with van der Waals surface area (Å²) in [5, 5.41) is 29.9. The number of para-hydroxylation sites is 3. The second-order valence-corrected chi connectivity index (χ2v) is 7.79. The van der Waals surface area contributed by atoms with Crippen molar-refractivity contribution in [1.29, 1.82) is 5.26 Å². The van der Waals surface area contributed by atoms with Crippen LogP contribution >= 0.6 is 0 Å². The van der Waals surface area contributed by atoms with Crippen LogP contribution in [0.3, 0.4) is 0 Å². The van der Waals surface area contributed by atoms with Gasteiger partial charge in [-0.05, 0) is 42.0 Å². The molecule has 0 unspecified atom stereocenters. The number of nitrogens with one attached hydrogen (secondary N) is 1. The SMILES string of the molecule is N#CC(=Cc1ccc(O)c([N+](=O)[O-])c1)S(=O)(=O)Nc1ccccc1Oc1ccccc1. The molecule has 31 heavy (non-hydrogen) atoms. The maximum absolute atomic E-state index is 12.8. The van der Waals surface area contributed by atoms with Gasteiger partial charge in [-0.2, -0.15) is 5.26 Å². The molecule has 0 spiro atoms. The average molecular weight is 437 g/mol. The lowest BCUT2D eigenvalue weighted by molar-refractivity contribution is -0.385. The molecule has 0 aliphatic rings. The first-order chi connectivity index (χ1) is 14.8. The monoisotopic (exact) mass is 437 g/mol. The van der Waals surface area contributed by atoms with Crippen LogP contribution in [-0.4, -0.2) is 18.4 Å². The van der Waals surface area contributed by atoms with Gasteiger partial charge in [-0.1, -0.05) is 36.4 Å². The molecule has 0 aliphatic heterocycles. The van der Waals surface area contributed by atoms with E-state index in [1.165, 1.54) is 12.1 Å². The summed E-state index contributed by atoms with van der Waals surface area (Å²) in [7, 11) is -4.34. The van der Waals surface area contributed by atoms with Crippen LogP contribution in [0.15, 0.2) is 77.7 Å². The van der Waals surface area contributed by atoms with Gasteiger partial charge >= 0.3 is 5.69 Å². The standard InChI is InChI=1S/C21H15N3O6S/c22-14-17(12-15-10-11-20(25)19(13-15)24(26)27)31(28,29)23-18-8-4-5-9-21(18)30-16-6-2-1-3-7-16/h1-13,23,25H. The molecule has 0 aliphatic carbocycles. The number of anilines is 1. The number of hydrogen-bond donors (Lipinski definition) is 2. The van der Waals surface area contributed by atoms with E-state index in [9.17, 15) is 28.9 Å². The molecule has 0 heterocycles. The summed E-state index contributed by atoms with van der Waals surface area (Å²) < 4.78 is 33.6. The highest BCUT2D eigenvalue weighted by Crippen LogP contribution is 2.31. The number of phenolic OH excluding ortho intramolecular Hbond substituents is 1. The van der Waals surface area contributed by atoms with Crippen molar-refractivity contribution in [2.24, 2.45) is 0 Å². The predicted octanol–water partition coefficient (Wildman–Crippen LogP) is 4.40. The van der Waals surface area contributed by atoms with Gasteiger partial charge in [-0.3, -0.25) is 14.8 Å². The molecular weight excluding hydrogens is 422 g/mol. The van der Waals surface area contributed by atoms with Gasteiger partial charge in [-0.15, -0.1) is 0 Å². The zero-order valence-electron chi connectivity index (χ0n) is 15.8. The molecule has 3 aromatic carbocycles. The Labute approximate surface area is 177 Å². The molecule has 0 atom stereocenters. The number of nitriles is 1. The third-order valence-electron chi connectivity index (χ3n) is 4.00. The molecule has 9 nitrogen and oxygen atoms in total. The topological polar surface area (TPSA) is 143 Å². The van der Waals surface area contributed by atoms with Gasteiger partial charge in [0.25, 0.3) is 10.0 Å². The fraction of sp³-hybridized carbons (Fsp3) is 0. The zero-order valence-corrected chi connectivity index (χ0v) is 16.6. The third kappa shape index (κ3) is 5.17. The number of phenols is 1. The smallest absolute Gasteiger partial charge is 0.311 e. The summed E-state index contributed by atoms with van der Waals surface area (Å²) in [6.45, 7) is 0. The van der Waals surface area contributed by atoms with E-state index in [0.29, 0.717) is 5.75 Å². The molecule has 3 rings (SSSR count). The van der Waals surface area contributed by atoms with E-state index in [2.05, 4.69) is 4.72 Å². The fourth-order valence-electron chi connectivity index (χ4n) is 2.55. The number of rotatable bonds is 7. The van der Waals surface area contributed by atoms with E-state index in [1.807, 2.05) is 0 Å². The normalized spacial score (nSPS) is 11.4. The maximum atomic E-state index is 12.8. The lowest BCUT2D eigenvalue weighted by atomic mass is 10.2. The van der Waals surface area contributed by atoms with E-state index < -0.39 is 31.3 Å². The van der Waals surface area contributed by atoms with E-state index in [-0.39, 0.29) is 17.0 Å². The molecule has 0 bridgehead atoms. The molecule has 156 valence electrons. The van der Waals surface area contributed by atoms with Crippen LogP contribution in [0.2, 0.25) is 0 Å². The van der Waals surface area contributed by atoms with Crippen LogP contribution < -0.4 is 9.46 Å². The lowest BCUT2D eigenvalue weighted by Gasteiger charge is -2.13. The van der Waals surface area contributed by atoms with Gasteiger partial charge in [0.2, 0.25) is 0 Å². The summed E-state index contributed by atoms with van der Waals surface area (Å²) in [6.07, 6.45) is 0.968.